The molecule has 0 bridgehead atoms. The van der Waals surface area contributed by atoms with Gasteiger partial charge in [-0.25, -0.2) is 4.57 Å². The third kappa shape index (κ3) is 9.54. The third-order valence-corrected chi connectivity index (χ3v) is 3.86. The lowest BCUT2D eigenvalue weighted by molar-refractivity contribution is -0.697. The van der Waals surface area contributed by atoms with E-state index < -0.39 is 0 Å². The molecule has 0 aliphatic carbocycles. The lowest BCUT2D eigenvalue weighted by Gasteiger charge is -2.02. The predicted molar refractivity (Wildman–Crippen MR) is 89.8 cm³/mol. The largest absolute Gasteiger partial charge is 0.420 e. The monoisotopic (exact) mass is 306 g/mol. The van der Waals surface area contributed by atoms with Crippen molar-refractivity contribution in [2.45, 2.75) is 84.6 Å². The molecule has 0 radical (unpaired) electrons. The van der Waals surface area contributed by atoms with E-state index in [4.69, 9.17) is 4.74 Å². The molecule has 3 nitrogen and oxygen atoms in total. The van der Waals surface area contributed by atoms with Crippen LogP contribution in [0.1, 0.15) is 78.1 Å². The van der Waals surface area contributed by atoms with Crippen LogP contribution in [0.15, 0.2) is 24.5 Å². The van der Waals surface area contributed by atoms with Crippen LogP contribution >= 0.6 is 0 Å². The molecule has 124 valence electrons. The number of pyridine rings is 1. The Kier molecular flexibility index (Phi) is 10.3. The summed E-state index contributed by atoms with van der Waals surface area (Å²) in [4.78, 5) is 10.9. The van der Waals surface area contributed by atoms with Crippen LogP contribution in [0, 0.1) is 0 Å². The maximum atomic E-state index is 10.9. The maximum absolute atomic E-state index is 10.9. The fourth-order valence-electron chi connectivity index (χ4n) is 2.65. The molecule has 1 heterocycles. The third-order valence-electron chi connectivity index (χ3n) is 3.86. The standard InChI is InChI=1S/C19H32NO2/c1-3-4-5-6-7-8-9-10-11-12-15-20-16-13-14-19(17-20)22-18(2)21/h13-14,16-17H,3-12,15H2,1-2H3/q+1. The molecular formula is C19H32NO2+. The summed E-state index contributed by atoms with van der Waals surface area (Å²) in [5.74, 6) is 0.360. The van der Waals surface area contributed by atoms with Crippen molar-refractivity contribution in [2.75, 3.05) is 0 Å². The van der Waals surface area contributed by atoms with Gasteiger partial charge < -0.3 is 4.74 Å². The topological polar surface area (TPSA) is 30.2 Å². The van der Waals surface area contributed by atoms with Gasteiger partial charge in [0, 0.05) is 19.4 Å². The van der Waals surface area contributed by atoms with E-state index in [9.17, 15) is 4.79 Å². The predicted octanol–water partition coefficient (Wildman–Crippen LogP) is 4.82. The van der Waals surface area contributed by atoms with E-state index in [1.165, 1.54) is 71.1 Å². The normalized spacial score (nSPS) is 10.6. The second-order valence-electron chi connectivity index (χ2n) is 6.05. The van der Waals surface area contributed by atoms with Crippen LogP contribution in [0.25, 0.3) is 0 Å². The number of carbonyl (C=O) groups excluding carboxylic acids is 1. The fourth-order valence-corrected chi connectivity index (χ4v) is 2.65. The Morgan fingerprint density at radius 2 is 1.59 bits per heavy atom. The van der Waals surface area contributed by atoms with Crippen molar-refractivity contribution in [2.24, 2.45) is 0 Å². The Hall–Kier alpha value is -1.38. The number of unbranched alkanes of at least 4 members (excludes halogenated alkanes) is 9. The summed E-state index contributed by atoms with van der Waals surface area (Å²) in [6.45, 7) is 4.69. The maximum Gasteiger partial charge on any atom is 0.308 e. The van der Waals surface area contributed by atoms with E-state index >= 15 is 0 Å². The van der Waals surface area contributed by atoms with Gasteiger partial charge in [0.05, 0.1) is 0 Å². The van der Waals surface area contributed by atoms with Gasteiger partial charge in [0.1, 0.15) is 6.54 Å². The van der Waals surface area contributed by atoms with Crippen molar-refractivity contribution in [3.8, 4) is 5.75 Å². The number of aryl methyl sites for hydroxylation is 1. The Morgan fingerprint density at radius 3 is 2.18 bits per heavy atom. The zero-order valence-electron chi connectivity index (χ0n) is 14.4. The Bertz CT molecular complexity index is 418. The van der Waals surface area contributed by atoms with Crippen LogP contribution in [0.4, 0.5) is 0 Å². The van der Waals surface area contributed by atoms with Gasteiger partial charge in [0.25, 0.3) is 0 Å². The number of carbonyl (C=O) groups is 1. The molecule has 0 aliphatic rings. The number of hydrogen-bond donors (Lipinski definition) is 0. The van der Waals surface area contributed by atoms with Crippen LogP contribution in [0.5, 0.6) is 5.75 Å². The Balaban J connectivity index is 2.03. The summed E-state index contributed by atoms with van der Waals surface area (Å²) in [5, 5.41) is 0. The van der Waals surface area contributed by atoms with Crippen LogP contribution in [-0.2, 0) is 11.3 Å². The fraction of sp³-hybridized carbons (Fsp3) is 0.684. The summed E-state index contributed by atoms with van der Waals surface area (Å²) in [6.07, 6.45) is 17.4. The minimum atomic E-state index is -0.267. The molecule has 1 aromatic heterocycles. The number of rotatable bonds is 12. The van der Waals surface area contributed by atoms with Gasteiger partial charge in [0.15, 0.2) is 11.9 Å². The van der Waals surface area contributed by atoms with Crippen molar-refractivity contribution in [3.05, 3.63) is 24.5 Å². The van der Waals surface area contributed by atoms with Gasteiger partial charge >= 0.3 is 5.97 Å². The van der Waals surface area contributed by atoms with Crippen molar-refractivity contribution < 1.29 is 14.1 Å². The van der Waals surface area contributed by atoms with Gasteiger partial charge in [-0.2, -0.15) is 0 Å². The van der Waals surface area contributed by atoms with E-state index in [2.05, 4.69) is 11.5 Å². The molecule has 0 atom stereocenters. The summed E-state index contributed by atoms with van der Waals surface area (Å²) >= 11 is 0. The lowest BCUT2D eigenvalue weighted by Crippen LogP contribution is -2.32. The second-order valence-corrected chi connectivity index (χ2v) is 6.05. The first kappa shape index (κ1) is 18.7. The smallest absolute Gasteiger partial charge is 0.308 e. The molecule has 0 fully saturated rings. The molecule has 1 rings (SSSR count). The van der Waals surface area contributed by atoms with Gasteiger partial charge in [-0.3, -0.25) is 4.79 Å². The highest BCUT2D eigenvalue weighted by Gasteiger charge is 2.05. The van der Waals surface area contributed by atoms with Crippen LogP contribution < -0.4 is 9.30 Å². The summed E-state index contributed by atoms with van der Waals surface area (Å²) in [7, 11) is 0. The quantitative estimate of drug-likeness (QED) is 0.315. The Morgan fingerprint density at radius 1 is 1.00 bits per heavy atom. The summed E-state index contributed by atoms with van der Waals surface area (Å²) in [5.41, 5.74) is 0. The molecule has 1 aromatic rings. The minimum Gasteiger partial charge on any atom is -0.420 e. The molecule has 0 aliphatic heterocycles. The van der Waals surface area contributed by atoms with Crippen LogP contribution in [0.3, 0.4) is 0 Å². The first-order valence-corrected chi connectivity index (χ1v) is 8.90. The lowest BCUT2D eigenvalue weighted by atomic mass is 10.1. The van der Waals surface area contributed by atoms with Crippen molar-refractivity contribution in [1.29, 1.82) is 0 Å². The number of nitrogens with zero attached hydrogens (tertiary/aromatic N) is 1. The molecule has 0 N–H and O–H groups in total. The van der Waals surface area contributed by atoms with E-state index in [-0.39, 0.29) is 5.97 Å². The average molecular weight is 306 g/mol. The number of esters is 1. The summed E-state index contributed by atoms with van der Waals surface area (Å²) < 4.78 is 7.20. The van der Waals surface area contributed by atoms with Gasteiger partial charge in [-0.05, 0) is 12.5 Å². The van der Waals surface area contributed by atoms with Gasteiger partial charge in [-0.1, -0.05) is 58.3 Å². The minimum absolute atomic E-state index is 0.267. The SMILES string of the molecule is CCCCCCCCCCCC[n+]1cccc(OC(C)=O)c1. The van der Waals surface area contributed by atoms with Crippen molar-refractivity contribution in [1.82, 2.24) is 0 Å². The zero-order chi connectivity index (χ0) is 16.0. The molecular weight excluding hydrogens is 274 g/mol. The number of ether oxygens (including phenoxy) is 1. The first-order valence-electron chi connectivity index (χ1n) is 8.90. The van der Waals surface area contributed by atoms with Crippen molar-refractivity contribution in [3.63, 3.8) is 0 Å². The van der Waals surface area contributed by atoms with E-state index in [1.807, 2.05) is 24.5 Å². The molecule has 3 heteroatoms. The molecule has 0 saturated carbocycles. The van der Waals surface area contributed by atoms with Crippen molar-refractivity contribution >= 4 is 5.97 Å². The first-order chi connectivity index (χ1) is 10.7. The van der Waals surface area contributed by atoms with E-state index in [1.54, 1.807) is 0 Å². The molecule has 0 amide bonds. The van der Waals surface area contributed by atoms with E-state index in [0.717, 1.165) is 6.54 Å². The molecule has 0 spiro atoms. The molecule has 0 saturated heterocycles. The zero-order valence-corrected chi connectivity index (χ0v) is 14.4. The van der Waals surface area contributed by atoms with Gasteiger partial charge in [-0.15, -0.1) is 0 Å². The second kappa shape index (κ2) is 12.2. The molecule has 0 unspecified atom stereocenters. The van der Waals surface area contributed by atoms with Gasteiger partial charge in [0.2, 0.25) is 6.20 Å². The van der Waals surface area contributed by atoms with Crippen LogP contribution in [-0.4, -0.2) is 5.97 Å². The Labute approximate surface area is 135 Å². The average Bonchev–Trinajstić information content (AvgIpc) is 2.49. The highest BCUT2D eigenvalue weighted by Crippen LogP contribution is 2.11. The highest BCUT2D eigenvalue weighted by atomic mass is 16.5. The number of hydrogen-bond acceptors (Lipinski definition) is 2. The highest BCUT2D eigenvalue weighted by molar-refractivity contribution is 5.68. The molecule has 0 aromatic carbocycles. The summed E-state index contributed by atoms with van der Waals surface area (Å²) in [6, 6.07) is 3.74. The number of aromatic nitrogens is 1. The van der Waals surface area contributed by atoms with E-state index in [0.29, 0.717) is 5.75 Å². The van der Waals surface area contributed by atoms with Crippen LogP contribution in [0.2, 0.25) is 0 Å². The molecule has 22 heavy (non-hydrogen) atoms.